The summed E-state index contributed by atoms with van der Waals surface area (Å²) in [5, 5.41) is 11.7. The summed E-state index contributed by atoms with van der Waals surface area (Å²) in [4.78, 5) is 14.3. The third-order valence-electron chi connectivity index (χ3n) is 5.25. The Hall–Kier alpha value is -1.92. The molecule has 6 heteroatoms. The molecular formula is C23H27N3OS2. The summed E-state index contributed by atoms with van der Waals surface area (Å²) in [5.74, 6) is 1.15. The van der Waals surface area contributed by atoms with Crippen LogP contribution in [0, 0.1) is 0 Å². The Morgan fingerprint density at radius 3 is 2.52 bits per heavy atom. The van der Waals surface area contributed by atoms with Crippen molar-refractivity contribution < 1.29 is 4.79 Å². The second-order valence-corrected chi connectivity index (χ2v) is 11.0. The van der Waals surface area contributed by atoms with Crippen LogP contribution in [0.2, 0.25) is 0 Å². The average Bonchev–Trinajstić information content (AvgIpc) is 3.24. The highest BCUT2D eigenvalue weighted by Gasteiger charge is 2.31. The lowest BCUT2D eigenvalue weighted by atomic mass is 9.86. The Labute approximate surface area is 180 Å². The second-order valence-electron chi connectivity index (χ2n) is 8.71. The highest BCUT2D eigenvalue weighted by molar-refractivity contribution is 8.00. The van der Waals surface area contributed by atoms with Gasteiger partial charge in [-0.25, -0.2) is 0 Å². The summed E-state index contributed by atoms with van der Waals surface area (Å²) >= 11 is 3.27. The van der Waals surface area contributed by atoms with Crippen LogP contribution >= 0.6 is 23.1 Å². The summed E-state index contributed by atoms with van der Waals surface area (Å²) < 4.78 is 2.26. The quantitative estimate of drug-likeness (QED) is 0.348. The molecule has 3 aromatic rings. The van der Waals surface area contributed by atoms with Crippen molar-refractivity contribution in [3.05, 3.63) is 63.6 Å². The van der Waals surface area contributed by atoms with Gasteiger partial charge in [0.2, 0.25) is 0 Å². The number of nitrogens with zero attached hydrogens (tertiary/aromatic N) is 3. The first kappa shape index (κ1) is 20.4. The standard InChI is InChI=1S/C23H27N3OS2/c1-15(21(27)16-7-9-17(10-8-16)23(2,3)4)29-22-25-24-20(26(22)18-11-12-18)14-19-6-5-13-28-19/h5-10,13,15,18H,11-12,14H2,1-4H3/t15-/m1/s1. The number of hydrogen-bond donors (Lipinski definition) is 0. The molecule has 1 aliphatic carbocycles. The van der Waals surface area contributed by atoms with Crippen molar-refractivity contribution in [3.63, 3.8) is 0 Å². The maximum Gasteiger partial charge on any atom is 0.192 e. The summed E-state index contributed by atoms with van der Waals surface area (Å²) in [6.45, 7) is 8.51. The van der Waals surface area contributed by atoms with Crippen LogP contribution in [0.1, 0.15) is 73.2 Å². The molecule has 1 aliphatic rings. The third kappa shape index (κ3) is 4.64. The summed E-state index contributed by atoms with van der Waals surface area (Å²) in [5.41, 5.74) is 2.08. The Morgan fingerprint density at radius 1 is 1.21 bits per heavy atom. The van der Waals surface area contributed by atoms with E-state index < -0.39 is 0 Å². The fraction of sp³-hybridized carbons (Fsp3) is 0.435. The Bertz CT molecular complexity index is 980. The topological polar surface area (TPSA) is 47.8 Å². The number of ketones is 1. The predicted octanol–water partition coefficient (Wildman–Crippen LogP) is 5.93. The maximum absolute atomic E-state index is 13.0. The van der Waals surface area contributed by atoms with Gasteiger partial charge in [-0.1, -0.05) is 62.9 Å². The van der Waals surface area contributed by atoms with Crippen LogP contribution in [-0.2, 0) is 11.8 Å². The minimum Gasteiger partial charge on any atom is -0.303 e. The fourth-order valence-electron chi connectivity index (χ4n) is 3.36. The largest absolute Gasteiger partial charge is 0.303 e. The second kappa shape index (κ2) is 8.07. The molecule has 0 spiro atoms. The molecule has 0 saturated heterocycles. The van der Waals surface area contributed by atoms with Gasteiger partial charge in [-0.2, -0.15) is 0 Å². The van der Waals surface area contributed by atoms with Gasteiger partial charge in [0.05, 0.1) is 5.25 Å². The van der Waals surface area contributed by atoms with Gasteiger partial charge in [0, 0.05) is 22.9 Å². The number of thioether (sulfide) groups is 1. The number of carbonyl (C=O) groups is 1. The number of hydrogen-bond acceptors (Lipinski definition) is 5. The van der Waals surface area contributed by atoms with E-state index in [0.717, 1.165) is 23.0 Å². The highest BCUT2D eigenvalue weighted by atomic mass is 32.2. The van der Waals surface area contributed by atoms with Crippen molar-refractivity contribution in [2.24, 2.45) is 0 Å². The molecule has 4 rings (SSSR count). The Balaban J connectivity index is 1.50. The molecule has 29 heavy (non-hydrogen) atoms. The lowest BCUT2D eigenvalue weighted by molar-refractivity contribution is 0.0993. The fourth-order valence-corrected chi connectivity index (χ4v) is 5.07. The number of rotatable bonds is 7. The van der Waals surface area contributed by atoms with Crippen LogP contribution in [0.3, 0.4) is 0 Å². The number of Topliss-reactive ketones (excluding diaryl/α,β-unsaturated/α-hetero) is 1. The smallest absolute Gasteiger partial charge is 0.192 e. The molecule has 0 unspecified atom stereocenters. The molecule has 0 bridgehead atoms. The number of benzene rings is 1. The zero-order chi connectivity index (χ0) is 20.6. The minimum absolute atomic E-state index is 0.0849. The van der Waals surface area contributed by atoms with E-state index >= 15 is 0 Å². The minimum atomic E-state index is -0.202. The normalized spacial score (nSPS) is 15.4. The first-order valence-electron chi connectivity index (χ1n) is 10.1. The molecule has 1 fully saturated rings. The zero-order valence-corrected chi connectivity index (χ0v) is 19.0. The lowest BCUT2D eigenvalue weighted by Gasteiger charge is -2.19. The molecular weight excluding hydrogens is 398 g/mol. The molecule has 1 aromatic carbocycles. The monoisotopic (exact) mass is 425 g/mol. The van der Waals surface area contributed by atoms with Crippen molar-refractivity contribution in [2.75, 3.05) is 0 Å². The van der Waals surface area contributed by atoms with Crippen LogP contribution in [0.15, 0.2) is 46.9 Å². The maximum atomic E-state index is 13.0. The van der Waals surface area contributed by atoms with Gasteiger partial charge in [0.25, 0.3) is 0 Å². The molecule has 2 heterocycles. The molecule has 0 N–H and O–H groups in total. The Morgan fingerprint density at radius 2 is 1.93 bits per heavy atom. The van der Waals surface area contributed by atoms with Gasteiger partial charge in [-0.15, -0.1) is 21.5 Å². The van der Waals surface area contributed by atoms with Crippen LogP contribution in [0.4, 0.5) is 0 Å². The van der Waals surface area contributed by atoms with E-state index in [9.17, 15) is 4.79 Å². The number of thiophene rings is 1. The molecule has 0 radical (unpaired) electrons. The van der Waals surface area contributed by atoms with Crippen molar-refractivity contribution in [1.29, 1.82) is 0 Å². The van der Waals surface area contributed by atoms with E-state index in [1.54, 1.807) is 11.3 Å². The number of aromatic nitrogens is 3. The van der Waals surface area contributed by atoms with E-state index in [1.165, 1.54) is 35.0 Å². The van der Waals surface area contributed by atoms with Gasteiger partial charge in [0.1, 0.15) is 5.82 Å². The van der Waals surface area contributed by atoms with Gasteiger partial charge in [-0.3, -0.25) is 4.79 Å². The summed E-state index contributed by atoms with van der Waals surface area (Å²) in [6.07, 6.45) is 3.14. The summed E-state index contributed by atoms with van der Waals surface area (Å²) in [7, 11) is 0. The van der Waals surface area contributed by atoms with Gasteiger partial charge in [0.15, 0.2) is 10.9 Å². The van der Waals surface area contributed by atoms with E-state index in [2.05, 4.69) is 65.2 Å². The van der Waals surface area contributed by atoms with Crippen molar-refractivity contribution in [2.45, 2.75) is 68.8 Å². The predicted molar refractivity (Wildman–Crippen MR) is 120 cm³/mol. The van der Waals surface area contributed by atoms with Crippen LogP contribution < -0.4 is 0 Å². The van der Waals surface area contributed by atoms with Crippen molar-refractivity contribution in [1.82, 2.24) is 14.8 Å². The molecule has 2 aromatic heterocycles. The zero-order valence-electron chi connectivity index (χ0n) is 17.4. The SMILES string of the molecule is C[C@@H](Sc1nnc(Cc2cccs2)n1C1CC1)C(=O)c1ccc(C(C)(C)C)cc1. The Kier molecular flexibility index (Phi) is 5.67. The van der Waals surface area contributed by atoms with E-state index in [4.69, 9.17) is 0 Å². The number of carbonyl (C=O) groups excluding carboxylic acids is 1. The molecule has 1 saturated carbocycles. The van der Waals surface area contributed by atoms with Crippen molar-refractivity contribution >= 4 is 28.9 Å². The molecule has 0 amide bonds. The molecule has 1 atom stereocenters. The van der Waals surface area contributed by atoms with Crippen molar-refractivity contribution in [3.8, 4) is 0 Å². The van der Waals surface area contributed by atoms with Crippen LogP contribution in [0.5, 0.6) is 0 Å². The molecule has 152 valence electrons. The average molecular weight is 426 g/mol. The van der Waals surface area contributed by atoms with E-state index in [1.807, 2.05) is 19.1 Å². The van der Waals surface area contributed by atoms with Gasteiger partial charge >= 0.3 is 0 Å². The van der Waals surface area contributed by atoms with Gasteiger partial charge in [-0.05, 0) is 42.2 Å². The van der Waals surface area contributed by atoms with Crippen LogP contribution in [0.25, 0.3) is 0 Å². The third-order valence-corrected chi connectivity index (χ3v) is 7.18. The molecule has 0 aliphatic heterocycles. The van der Waals surface area contributed by atoms with E-state index in [0.29, 0.717) is 6.04 Å². The van der Waals surface area contributed by atoms with Gasteiger partial charge < -0.3 is 4.57 Å². The highest BCUT2D eigenvalue weighted by Crippen LogP contribution is 2.40. The van der Waals surface area contributed by atoms with Crippen LogP contribution in [-0.4, -0.2) is 25.8 Å². The first-order chi connectivity index (χ1) is 13.8. The lowest BCUT2D eigenvalue weighted by Crippen LogP contribution is -2.16. The molecule has 4 nitrogen and oxygen atoms in total. The van der Waals surface area contributed by atoms with E-state index in [-0.39, 0.29) is 16.4 Å². The first-order valence-corrected chi connectivity index (χ1v) is 11.9. The summed E-state index contributed by atoms with van der Waals surface area (Å²) in [6, 6.07) is 12.7.